The van der Waals surface area contributed by atoms with E-state index in [1.165, 1.54) is 6.33 Å². The highest BCUT2D eigenvalue weighted by Gasteiger charge is 2.23. The molecule has 0 atom stereocenters. The maximum atomic E-state index is 9.03. The molecular formula is C12H16N6O3. The molecule has 1 aliphatic rings. The van der Waals surface area contributed by atoms with E-state index in [1.54, 1.807) is 22.8 Å². The fourth-order valence-corrected chi connectivity index (χ4v) is 2.26. The van der Waals surface area contributed by atoms with E-state index in [2.05, 4.69) is 15.1 Å². The van der Waals surface area contributed by atoms with Gasteiger partial charge in [0.15, 0.2) is 11.7 Å². The van der Waals surface area contributed by atoms with Crippen LogP contribution in [0.2, 0.25) is 0 Å². The number of rotatable bonds is 5. The average Bonchev–Trinajstić information content (AvgIpc) is 2.86. The summed E-state index contributed by atoms with van der Waals surface area (Å²) in [6.07, 6.45) is 2.59. The Morgan fingerprint density at radius 1 is 1.33 bits per heavy atom. The predicted octanol–water partition coefficient (Wildman–Crippen LogP) is -1.17. The summed E-state index contributed by atoms with van der Waals surface area (Å²) in [6.45, 7) is -0.375. The molecule has 0 fully saturated rings. The Kier molecular flexibility index (Phi) is 3.45. The Labute approximate surface area is 120 Å². The van der Waals surface area contributed by atoms with Crippen molar-refractivity contribution in [3.8, 4) is 0 Å². The smallest absolute Gasteiger partial charge is 0.162 e. The Hall–Kier alpha value is -2.23. The Bertz CT molecular complexity index is 694. The summed E-state index contributed by atoms with van der Waals surface area (Å²) in [5.74, 6) is 1.05. The fraction of sp³-hybridized carbons (Fsp3) is 0.417. The van der Waals surface area contributed by atoms with Gasteiger partial charge in [-0.2, -0.15) is 5.10 Å². The number of amidine groups is 1. The Balaban J connectivity index is 2.01. The van der Waals surface area contributed by atoms with E-state index in [4.69, 9.17) is 20.7 Å². The first-order valence-corrected chi connectivity index (χ1v) is 6.41. The van der Waals surface area contributed by atoms with E-state index < -0.39 is 6.10 Å². The quantitative estimate of drug-likeness (QED) is 0.634. The van der Waals surface area contributed by atoms with Gasteiger partial charge in [0.05, 0.1) is 18.6 Å². The van der Waals surface area contributed by atoms with Crippen LogP contribution in [0.1, 0.15) is 5.56 Å². The van der Waals surface area contributed by atoms with Crippen LogP contribution in [-0.2, 0) is 11.5 Å². The third-order valence-corrected chi connectivity index (χ3v) is 3.33. The van der Waals surface area contributed by atoms with Crippen molar-refractivity contribution in [3.05, 3.63) is 18.1 Å². The highest BCUT2D eigenvalue weighted by molar-refractivity contribution is 6.13. The number of aliphatic hydroxyl groups excluding tert-OH is 2. The molecular weight excluding hydrogens is 276 g/mol. The van der Waals surface area contributed by atoms with Gasteiger partial charge in [-0.05, 0) is 0 Å². The molecule has 2 aromatic heterocycles. The molecule has 4 N–H and O–H groups in total. The molecule has 1 aliphatic heterocycles. The van der Waals surface area contributed by atoms with Crippen LogP contribution in [0.3, 0.4) is 0 Å². The van der Waals surface area contributed by atoms with Crippen LogP contribution in [0, 0.1) is 0 Å². The lowest BCUT2D eigenvalue weighted by Crippen LogP contribution is -2.25. The molecule has 0 aromatic carbocycles. The van der Waals surface area contributed by atoms with Gasteiger partial charge >= 0.3 is 0 Å². The van der Waals surface area contributed by atoms with Crippen molar-refractivity contribution in [2.75, 3.05) is 25.3 Å². The first-order valence-electron chi connectivity index (χ1n) is 6.41. The molecule has 0 radical (unpaired) electrons. The number of nitrogens with zero attached hydrogens (tertiary/aromatic N) is 5. The van der Waals surface area contributed by atoms with Gasteiger partial charge in [-0.3, -0.25) is 0 Å². The topological polar surface area (TPSA) is 122 Å². The summed E-state index contributed by atoms with van der Waals surface area (Å²) < 4.78 is 7.17. The summed E-state index contributed by atoms with van der Waals surface area (Å²) in [4.78, 5) is 8.46. The zero-order chi connectivity index (χ0) is 15.0. The van der Waals surface area contributed by atoms with Gasteiger partial charge < -0.3 is 25.3 Å². The van der Waals surface area contributed by atoms with Gasteiger partial charge in [-0.15, -0.1) is 0 Å². The number of hydrazone groups is 1. The second kappa shape index (κ2) is 5.28. The van der Waals surface area contributed by atoms with Crippen LogP contribution in [0.4, 0.5) is 5.82 Å². The minimum absolute atomic E-state index is 0.135. The van der Waals surface area contributed by atoms with Gasteiger partial charge in [-0.1, -0.05) is 0 Å². The van der Waals surface area contributed by atoms with Crippen molar-refractivity contribution in [1.82, 2.24) is 14.5 Å². The molecule has 9 nitrogen and oxygen atoms in total. The highest BCUT2D eigenvalue weighted by atomic mass is 16.5. The van der Waals surface area contributed by atoms with Crippen LogP contribution in [-0.4, -0.2) is 56.9 Å². The zero-order valence-electron chi connectivity index (χ0n) is 11.5. The molecule has 0 bridgehead atoms. The van der Waals surface area contributed by atoms with Gasteiger partial charge in [0.1, 0.15) is 24.8 Å². The molecule has 21 heavy (non-hydrogen) atoms. The lowest BCUT2D eigenvalue weighted by atomic mass is 10.2. The first kappa shape index (κ1) is 13.7. The van der Waals surface area contributed by atoms with Crippen LogP contribution in [0.25, 0.3) is 11.0 Å². The van der Waals surface area contributed by atoms with Gasteiger partial charge in [-0.25, -0.2) is 15.0 Å². The van der Waals surface area contributed by atoms with E-state index in [9.17, 15) is 0 Å². The molecule has 2 aromatic rings. The number of aliphatic hydroxyl groups is 2. The maximum absolute atomic E-state index is 9.03. The second-order valence-electron chi connectivity index (χ2n) is 4.70. The van der Waals surface area contributed by atoms with Crippen molar-refractivity contribution in [2.24, 2.45) is 10.8 Å². The molecule has 112 valence electrons. The van der Waals surface area contributed by atoms with Crippen molar-refractivity contribution in [1.29, 1.82) is 0 Å². The first-order chi connectivity index (χ1) is 10.2. The minimum Gasteiger partial charge on any atom is -0.394 e. The van der Waals surface area contributed by atoms with Gasteiger partial charge in [0.2, 0.25) is 0 Å². The minimum atomic E-state index is -0.633. The normalized spacial score (nSPS) is 14.1. The molecule has 0 aliphatic carbocycles. The van der Waals surface area contributed by atoms with Gasteiger partial charge in [0, 0.05) is 18.8 Å². The van der Waals surface area contributed by atoms with E-state index in [0.29, 0.717) is 17.3 Å². The SMILES string of the molecule is CN1N=C(N)c2cn(COC(CO)CO)c3ncnc1c23. The number of nitrogens with two attached hydrogens (primary N) is 1. The third kappa shape index (κ3) is 2.20. The van der Waals surface area contributed by atoms with Gasteiger partial charge in [0.25, 0.3) is 0 Å². The molecule has 3 rings (SSSR count). The number of ether oxygens (including phenoxy) is 1. The van der Waals surface area contributed by atoms with Crippen LogP contribution in [0.15, 0.2) is 17.6 Å². The lowest BCUT2D eigenvalue weighted by molar-refractivity contribution is -0.0487. The van der Waals surface area contributed by atoms with E-state index in [0.717, 1.165) is 10.9 Å². The standard InChI is InChI=1S/C12H16N6O3/c1-17-11-9-8(10(13)16-17)2-18(12(9)15-5-14-11)6-21-7(3-19)4-20/h2,5,7,19-20H,3-4,6H2,1H3,(H2,13,16). The van der Waals surface area contributed by atoms with E-state index in [1.807, 2.05) is 0 Å². The molecule has 0 amide bonds. The highest BCUT2D eigenvalue weighted by Crippen LogP contribution is 2.30. The molecule has 0 unspecified atom stereocenters. The molecule has 0 saturated heterocycles. The Morgan fingerprint density at radius 3 is 2.81 bits per heavy atom. The van der Waals surface area contributed by atoms with Crippen molar-refractivity contribution in [2.45, 2.75) is 12.8 Å². The van der Waals surface area contributed by atoms with Crippen LogP contribution >= 0.6 is 0 Å². The number of hydrogen-bond donors (Lipinski definition) is 3. The molecule has 0 saturated carbocycles. The van der Waals surface area contributed by atoms with E-state index >= 15 is 0 Å². The predicted molar refractivity (Wildman–Crippen MR) is 75.7 cm³/mol. The summed E-state index contributed by atoms with van der Waals surface area (Å²) in [6, 6.07) is 0. The second-order valence-corrected chi connectivity index (χ2v) is 4.70. The largest absolute Gasteiger partial charge is 0.394 e. The molecule has 9 heteroatoms. The Morgan fingerprint density at radius 2 is 2.10 bits per heavy atom. The van der Waals surface area contributed by atoms with Crippen molar-refractivity contribution >= 4 is 22.7 Å². The summed E-state index contributed by atoms with van der Waals surface area (Å²) >= 11 is 0. The van der Waals surface area contributed by atoms with Crippen LogP contribution < -0.4 is 10.7 Å². The van der Waals surface area contributed by atoms with Crippen LogP contribution in [0.5, 0.6) is 0 Å². The summed E-state index contributed by atoms with van der Waals surface area (Å²) in [7, 11) is 1.76. The van der Waals surface area contributed by atoms with Crippen molar-refractivity contribution < 1.29 is 14.9 Å². The summed E-state index contributed by atoms with van der Waals surface area (Å²) in [5.41, 5.74) is 7.34. The molecule has 0 spiro atoms. The van der Waals surface area contributed by atoms with Crippen molar-refractivity contribution in [3.63, 3.8) is 0 Å². The number of aromatic nitrogens is 3. The third-order valence-electron chi connectivity index (χ3n) is 3.33. The number of hydrogen-bond acceptors (Lipinski definition) is 8. The monoisotopic (exact) mass is 292 g/mol. The summed E-state index contributed by atoms with van der Waals surface area (Å²) in [5, 5.41) is 24.7. The lowest BCUT2D eigenvalue weighted by Gasteiger charge is -2.18. The maximum Gasteiger partial charge on any atom is 0.162 e. The zero-order valence-corrected chi connectivity index (χ0v) is 11.5. The average molecular weight is 292 g/mol. The molecule has 3 heterocycles. The van der Waals surface area contributed by atoms with E-state index in [-0.39, 0.29) is 19.9 Å². The number of anilines is 1. The fourth-order valence-electron chi connectivity index (χ4n) is 2.26.